The number of hydrogen-bond donors (Lipinski definition) is 1. The zero-order chi connectivity index (χ0) is 13.4. The molecule has 3 aliphatic rings. The highest BCUT2D eigenvalue weighted by atomic mass is 16.2. The van der Waals surface area contributed by atoms with Crippen LogP contribution in [-0.2, 0) is 9.59 Å². The number of nitrogens with zero attached hydrogens (tertiary/aromatic N) is 1. The molecular weight excluding hydrogens is 240 g/mol. The molecule has 106 valence electrons. The molecule has 1 N–H and O–H groups in total. The van der Waals surface area contributed by atoms with Gasteiger partial charge in [0.2, 0.25) is 11.8 Å². The number of fused-ring (bicyclic) bond motifs is 1. The van der Waals surface area contributed by atoms with Crippen molar-refractivity contribution < 1.29 is 9.59 Å². The molecule has 1 aliphatic heterocycles. The van der Waals surface area contributed by atoms with Gasteiger partial charge in [-0.25, -0.2) is 0 Å². The van der Waals surface area contributed by atoms with Gasteiger partial charge in [-0.05, 0) is 45.1 Å². The van der Waals surface area contributed by atoms with Crippen molar-refractivity contribution in [2.75, 3.05) is 13.6 Å². The van der Waals surface area contributed by atoms with Gasteiger partial charge in [-0.2, -0.15) is 0 Å². The number of carbonyl (C=O) groups excluding carboxylic acids is 2. The fraction of sp³-hybridized carbons (Fsp3) is 0.867. The highest BCUT2D eigenvalue weighted by Gasteiger charge is 2.49. The van der Waals surface area contributed by atoms with Crippen LogP contribution in [0.2, 0.25) is 0 Å². The first-order valence-corrected chi connectivity index (χ1v) is 7.75. The van der Waals surface area contributed by atoms with E-state index in [0.29, 0.717) is 18.5 Å². The molecule has 4 nitrogen and oxygen atoms in total. The van der Waals surface area contributed by atoms with Gasteiger partial charge in [-0.1, -0.05) is 12.8 Å². The molecule has 4 atom stereocenters. The lowest BCUT2D eigenvalue weighted by atomic mass is 9.99. The largest absolute Gasteiger partial charge is 0.317 e. The Kier molecular flexibility index (Phi) is 3.61. The van der Waals surface area contributed by atoms with Gasteiger partial charge in [0.1, 0.15) is 0 Å². The predicted octanol–water partition coefficient (Wildman–Crippen LogP) is 1.55. The molecule has 0 radical (unpaired) electrons. The Hall–Kier alpha value is -0.900. The third kappa shape index (κ3) is 2.20. The molecule has 0 spiro atoms. The van der Waals surface area contributed by atoms with Gasteiger partial charge >= 0.3 is 0 Å². The number of carbonyl (C=O) groups is 2. The van der Waals surface area contributed by atoms with Crippen LogP contribution in [0.15, 0.2) is 0 Å². The molecule has 3 rings (SSSR count). The van der Waals surface area contributed by atoms with E-state index in [9.17, 15) is 9.59 Å². The van der Waals surface area contributed by atoms with Crippen LogP contribution in [0.1, 0.15) is 44.9 Å². The molecule has 0 aromatic carbocycles. The number of likely N-dealkylation sites (tertiary alicyclic amines) is 1. The van der Waals surface area contributed by atoms with Crippen LogP contribution < -0.4 is 5.32 Å². The van der Waals surface area contributed by atoms with E-state index in [1.807, 2.05) is 7.05 Å². The van der Waals surface area contributed by atoms with Crippen molar-refractivity contribution in [3.05, 3.63) is 0 Å². The topological polar surface area (TPSA) is 49.4 Å². The van der Waals surface area contributed by atoms with Gasteiger partial charge < -0.3 is 5.32 Å². The predicted molar refractivity (Wildman–Crippen MR) is 72.4 cm³/mol. The summed E-state index contributed by atoms with van der Waals surface area (Å²) in [4.78, 5) is 26.1. The number of rotatable bonds is 4. The summed E-state index contributed by atoms with van der Waals surface area (Å²) in [5, 5.41) is 3.36. The van der Waals surface area contributed by atoms with Gasteiger partial charge in [0.15, 0.2) is 0 Å². The summed E-state index contributed by atoms with van der Waals surface area (Å²) < 4.78 is 0. The molecule has 0 aromatic heterocycles. The average Bonchev–Trinajstić information content (AvgIpc) is 3.09. The number of amides is 2. The maximum absolute atomic E-state index is 12.2. The summed E-state index contributed by atoms with van der Waals surface area (Å²) in [5.74, 6) is 0.913. The van der Waals surface area contributed by atoms with E-state index in [1.54, 1.807) is 4.90 Å². The monoisotopic (exact) mass is 264 g/mol. The summed E-state index contributed by atoms with van der Waals surface area (Å²) in [6.07, 6.45) is 7.60. The zero-order valence-corrected chi connectivity index (χ0v) is 11.7. The van der Waals surface area contributed by atoms with Crippen LogP contribution in [0.4, 0.5) is 0 Å². The SMILES string of the molecule is CNC1CCCC1CCN1C(=O)C2CCCC2C1=O. The summed E-state index contributed by atoms with van der Waals surface area (Å²) in [5.41, 5.74) is 0. The molecule has 2 aliphatic carbocycles. The molecule has 4 unspecified atom stereocenters. The maximum atomic E-state index is 12.2. The van der Waals surface area contributed by atoms with Crippen molar-refractivity contribution in [2.45, 2.75) is 51.0 Å². The Labute approximate surface area is 114 Å². The molecule has 0 aromatic rings. The lowest BCUT2D eigenvalue weighted by Crippen LogP contribution is -2.36. The molecule has 4 heteroatoms. The maximum Gasteiger partial charge on any atom is 0.233 e. The number of hydrogen-bond acceptors (Lipinski definition) is 3. The Morgan fingerprint density at radius 3 is 2.32 bits per heavy atom. The van der Waals surface area contributed by atoms with Gasteiger partial charge in [-0.15, -0.1) is 0 Å². The minimum absolute atomic E-state index is 0.0242. The first kappa shape index (κ1) is 13.1. The second kappa shape index (κ2) is 5.23. The summed E-state index contributed by atoms with van der Waals surface area (Å²) in [6.45, 7) is 0.646. The second-order valence-corrected chi connectivity index (χ2v) is 6.35. The van der Waals surface area contributed by atoms with Crippen LogP contribution in [0, 0.1) is 17.8 Å². The third-order valence-corrected chi connectivity index (χ3v) is 5.44. The van der Waals surface area contributed by atoms with Gasteiger partial charge in [0.05, 0.1) is 11.8 Å². The quantitative estimate of drug-likeness (QED) is 0.784. The molecule has 0 bridgehead atoms. The minimum Gasteiger partial charge on any atom is -0.317 e. The first-order valence-electron chi connectivity index (χ1n) is 7.75. The fourth-order valence-corrected chi connectivity index (χ4v) is 4.34. The lowest BCUT2D eigenvalue weighted by Gasteiger charge is -2.22. The van der Waals surface area contributed by atoms with Crippen molar-refractivity contribution in [1.82, 2.24) is 10.2 Å². The van der Waals surface area contributed by atoms with Crippen molar-refractivity contribution in [3.63, 3.8) is 0 Å². The van der Waals surface area contributed by atoms with Crippen molar-refractivity contribution >= 4 is 11.8 Å². The van der Waals surface area contributed by atoms with E-state index < -0.39 is 0 Å². The van der Waals surface area contributed by atoms with E-state index in [0.717, 1.165) is 25.7 Å². The highest BCUT2D eigenvalue weighted by Crippen LogP contribution is 2.40. The summed E-state index contributed by atoms with van der Waals surface area (Å²) in [7, 11) is 2.01. The van der Waals surface area contributed by atoms with Crippen LogP contribution in [-0.4, -0.2) is 36.3 Å². The van der Waals surface area contributed by atoms with E-state index in [-0.39, 0.29) is 23.7 Å². The van der Waals surface area contributed by atoms with E-state index >= 15 is 0 Å². The molecule has 19 heavy (non-hydrogen) atoms. The Morgan fingerprint density at radius 1 is 1.05 bits per heavy atom. The minimum atomic E-state index is 0.0242. The van der Waals surface area contributed by atoms with Crippen LogP contribution >= 0.6 is 0 Å². The van der Waals surface area contributed by atoms with E-state index in [4.69, 9.17) is 0 Å². The van der Waals surface area contributed by atoms with Crippen LogP contribution in [0.3, 0.4) is 0 Å². The second-order valence-electron chi connectivity index (χ2n) is 6.35. The average molecular weight is 264 g/mol. The number of imide groups is 1. The Bertz CT molecular complexity index is 360. The molecule has 2 amide bonds. The molecule has 1 saturated heterocycles. The zero-order valence-electron chi connectivity index (χ0n) is 11.7. The van der Waals surface area contributed by atoms with Crippen molar-refractivity contribution in [1.29, 1.82) is 0 Å². The van der Waals surface area contributed by atoms with Crippen molar-refractivity contribution in [3.8, 4) is 0 Å². The highest BCUT2D eigenvalue weighted by molar-refractivity contribution is 6.05. The molecule has 3 fully saturated rings. The summed E-state index contributed by atoms with van der Waals surface area (Å²) in [6, 6.07) is 0.576. The molecule has 1 heterocycles. The van der Waals surface area contributed by atoms with Gasteiger partial charge in [-0.3, -0.25) is 14.5 Å². The Balaban J connectivity index is 1.58. The fourth-order valence-electron chi connectivity index (χ4n) is 4.34. The van der Waals surface area contributed by atoms with Crippen molar-refractivity contribution in [2.24, 2.45) is 17.8 Å². The van der Waals surface area contributed by atoms with E-state index in [1.165, 1.54) is 19.3 Å². The Morgan fingerprint density at radius 2 is 1.68 bits per heavy atom. The molecular formula is C15H24N2O2. The van der Waals surface area contributed by atoms with Gasteiger partial charge in [0.25, 0.3) is 0 Å². The van der Waals surface area contributed by atoms with Crippen LogP contribution in [0.5, 0.6) is 0 Å². The standard InChI is InChI=1S/C15H24N2O2/c1-16-13-7-2-4-10(13)8-9-17-14(18)11-5-3-6-12(11)15(17)19/h10-13,16H,2-9H2,1H3. The smallest absolute Gasteiger partial charge is 0.233 e. The number of nitrogens with one attached hydrogen (secondary N) is 1. The normalized spacial score (nSPS) is 38.3. The first-order chi connectivity index (χ1) is 9.22. The third-order valence-electron chi connectivity index (χ3n) is 5.44. The van der Waals surface area contributed by atoms with E-state index in [2.05, 4.69) is 5.32 Å². The van der Waals surface area contributed by atoms with Gasteiger partial charge in [0, 0.05) is 12.6 Å². The lowest BCUT2D eigenvalue weighted by molar-refractivity contribution is -0.140. The van der Waals surface area contributed by atoms with Crippen LogP contribution in [0.25, 0.3) is 0 Å². The molecule has 2 saturated carbocycles. The summed E-state index contributed by atoms with van der Waals surface area (Å²) >= 11 is 0.